The topological polar surface area (TPSA) is 71.0 Å². The van der Waals surface area contributed by atoms with Gasteiger partial charge in [0.25, 0.3) is 5.91 Å². The summed E-state index contributed by atoms with van der Waals surface area (Å²) >= 11 is 0. The molecule has 5 rings (SSSR count). The van der Waals surface area contributed by atoms with Crippen LogP contribution in [0, 0.1) is 5.82 Å². The minimum Gasteiger partial charge on any atom is -0.363 e. The van der Waals surface area contributed by atoms with Crippen LogP contribution in [0.25, 0.3) is 11.0 Å². The van der Waals surface area contributed by atoms with Crippen molar-refractivity contribution < 1.29 is 9.18 Å². The van der Waals surface area contributed by atoms with E-state index >= 15 is 0 Å². The number of hydrogen-bond donors (Lipinski definition) is 1. The maximum atomic E-state index is 13.7. The third kappa shape index (κ3) is 5.20. The molecule has 6 nitrogen and oxygen atoms in total. The van der Waals surface area contributed by atoms with Gasteiger partial charge in [-0.25, -0.2) is 14.4 Å². The van der Waals surface area contributed by atoms with Gasteiger partial charge in [0.15, 0.2) is 0 Å². The SMILES string of the molecule is C[C@H](Nc1cc(N(Cc2ccc(F)cc2)C(=O)c2cnc3ccccc3n2)ccn1)c1ccccc1. The highest BCUT2D eigenvalue weighted by Gasteiger charge is 2.21. The molecule has 1 amide bonds. The zero-order valence-electron chi connectivity index (χ0n) is 19.7. The molecule has 2 heterocycles. The van der Waals surface area contributed by atoms with Crippen molar-refractivity contribution in [1.82, 2.24) is 15.0 Å². The fourth-order valence-electron chi connectivity index (χ4n) is 3.96. The Labute approximate surface area is 208 Å². The molecule has 0 saturated carbocycles. The Hall–Kier alpha value is -4.65. The molecule has 0 saturated heterocycles. The molecule has 0 radical (unpaired) electrons. The molecule has 1 atom stereocenters. The number of halogens is 1. The van der Waals surface area contributed by atoms with E-state index in [1.54, 1.807) is 29.3 Å². The summed E-state index contributed by atoms with van der Waals surface area (Å²) in [5.74, 6) is -0.0153. The van der Waals surface area contributed by atoms with E-state index in [4.69, 9.17) is 0 Å². The van der Waals surface area contributed by atoms with Gasteiger partial charge in [0.2, 0.25) is 0 Å². The van der Waals surface area contributed by atoms with E-state index in [9.17, 15) is 9.18 Å². The summed E-state index contributed by atoms with van der Waals surface area (Å²) < 4.78 is 13.5. The van der Waals surface area contributed by atoms with Crippen LogP contribution in [0.5, 0.6) is 0 Å². The van der Waals surface area contributed by atoms with Crippen molar-refractivity contribution >= 4 is 28.4 Å². The van der Waals surface area contributed by atoms with Crippen LogP contribution in [0.2, 0.25) is 0 Å². The van der Waals surface area contributed by atoms with Gasteiger partial charge in [-0.2, -0.15) is 0 Å². The van der Waals surface area contributed by atoms with E-state index in [0.29, 0.717) is 22.5 Å². The first-order chi connectivity index (χ1) is 17.6. The minimum absolute atomic E-state index is 0.0153. The van der Waals surface area contributed by atoms with Crippen LogP contribution in [0.1, 0.15) is 34.6 Å². The van der Waals surface area contributed by atoms with Gasteiger partial charge in [0, 0.05) is 24.0 Å². The molecule has 5 aromatic rings. The molecule has 0 aliphatic rings. The number of carbonyl (C=O) groups excluding carboxylic acids is 1. The molecule has 0 fully saturated rings. The Balaban J connectivity index is 1.48. The number of benzene rings is 3. The second-order valence-corrected chi connectivity index (χ2v) is 8.44. The van der Waals surface area contributed by atoms with Crippen molar-refractivity contribution in [3.63, 3.8) is 0 Å². The number of amides is 1. The molecule has 0 unspecified atom stereocenters. The largest absolute Gasteiger partial charge is 0.363 e. The van der Waals surface area contributed by atoms with E-state index in [2.05, 4.69) is 27.2 Å². The molecular weight excluding hydrogens is 453 g/mol. The van der Waals surface area contributed by atoms with Gasteiger partial charge in [-0.1, -0.05) is 54.6 Å². The standard InChI is InChI=1S/C29H24FN5O/c1-20(22-7-3-2-4-8-22)33-28-17-24(15-16-31-28)35(19-21-11-13-23(30)14-12-21)29(36)27-18-32-25-9-5-6-10-26(25)34-27/h2-18,20H,19H2,1H3,(H,31,33)/t20-/m0/s1. The summed E-state index contributed by atoms with van der Waals surface area (Å²) in [6.07, 6.45) is 3.15. The predicted molar refractivity (Wildman–Crippen MR) is 139 cm³/mol. The van der Waals surface area contributed by atoms with E-state index in [-0.39, 0.29) is 30.0 Å². The molecule has 178 valence electrons. The maximum Gasteiger partial charge on any atom is 0.278 e. The third-order valence-electron chi connectivity index (χ3n) is 5.89. The van der Waals surface area contributed by atoms with Crippen LogP contribution in [0.15, 0.2) is 103 Å². The van der Waals surface area contributed by atoms with Crippen molar-refractivity contribution in [2.24, 2.45) is 0 Å². The number of carbonyl (C=O) groups is 1. The summed E-state index contributed by atoms with van der Waals surface area (Å²) in [6, 6.07) is 27.2. The summed E-state index contributed by atoms with van der Waals surface area (Å²) in [4.78, 5) is 28.7. The van der Waals surface area contributed by atoms with E-state index in [1.165, 1.54) is 18.3 Å². The molecular formula is C29H24FN5O. The average Bonchev–Trinajstić information content (AvgIpc) is 2.92. The summed E-state index contributed by atoms with van der Waals surface area (Å²) in [5, 5.41) is 3.40. The van der Waals surface area contributed by atoms with Crippen LogP contribution in [-0.4, -0.2) is 20.9 Å². The number of rotatable bonds is 7. The van der Waals surface area contributed by atoms with Crippen molar-refractivity contribution in [1.29, 1.82) is 0 Å². The van der Waals surface area contributed by atoms with Gasteiger partial charge in [0.05, 0.1) is 23.8 Å². The summed E-state index contributed by atoms with van der Waals surface area (Å²) in [5.41, 5.74) is 4.11. The lowest BCUT2D eigenvalue weighted by Crippen LogP contribution is -2.31. The number of nitrogens with one attached hydrogen (secondary N) is 1. The van der Waals surface area contributed by atoms with Crippen molar-refractivity contribution in [3.05, 3.63) is 126 Å². The van der Waals surface area contributed by atoms with E-state index in [1.807, 2.05) is 60.7 Å². The Morgan fingerprint density at radius 1 is 0.917 bits per heavy atom. The molecule has 1 N–H and O–H groups in total. The molecule has 7 heteroatoms. The average molecular weight is 478 g/mol. The van der Waals surface area contributed by atoms with Crippen molar-refractivity contribution in [2.45, 2.75) is 19.5 Å². The lowest BCUT2D eigenvalue weighted by molar-refractivity contribution is 0.0980. The number of hydrogen-bond acceptors (Lipinski definition) is 5. The van der Waals surface area contributed by atoms with E-state index < -0.39 is 0 Å². The molecule has 3 aromatic carbocycles. The van der Waals surface area contributed by atoms with E-state index in [0.717, 1.165) is 11.1 Å². The first kappa shape index (κ1) is 23.1. The van der Waals surface area contributed by atoms with Crippen LogP contribution in [0.3, 0.4) is 0 Å². The van der Waals surface area contributed by atoms with Crippen LogP contribution >= 0.6 is 0 Å². The van der Waals surface area contributed by atoms with Gasteiger partial charge in [-0.05, 0) is 48.4 Å². The zero-order valence-corrected chi connectivity index (χ0v) is 19.7. The first-order valence-electron chi connectivity index (χ1n) is 11.6. The quantitative estimate of drug-likeness (QED) is 0.303. The summed E-state index contributed by atoms with van der Waals surface area (Å²) in [7, 11) is 0. The van der Waals surface area contributed by atoms with Crippen LogP contribution < -0.4 is 10.2 Å². The Morgan fingerprint density at radius 2 is 1.64 bits per heavy atom. The Kier molecular flexibility index (Phi) is 6.62. The number of fused-ring (bicyclic) bond motifs is 1. The fourth-order valence-corrected chi connectivity index (χ4v) is 3.96. The maximum absolute atomic E-state index is 13.7. The molecule has 0 aliphatic heterocycles. The molecule has 0 bridgehead atoms. The number of nitrogens with zero attached hydrogens (tertiary/aromatic N) is 4. The third-order valence-corrected chi connectivity index (χ3v) is 5.89. The second-order valence-electron chi connectivity index (χ2n) is 8.44. The highest BCUT2D eigenvalue weighted by molar-refractivity contribution is 6.05. The van der Waals surface area contributed by atoms with Gasteiger partial charge in [0.1, 0.15) is 17.3 Å². The Morgan fingerprint density at radius 3 is 2.42 bits per heavy atom. The minimum atomic E-state index is -0.331. The van der Waals surface area contributed by atoms with Gasteiger partial charge >= 0.3 is 0 Å². The normalized spacial score (nSPS) is 11.7. The molecule has 0 aliphatic carbocycles. The molecule has 0 spiro atoms. The smallest absolute Gasteiger partial charge is 0.278 e. The number of aromatic nitrogens is 3. The van der Waals surface area contributed by atoms with Crippen molar-refractivity contribution in [2.75, 3.05) is 10.2 Å². The van der Waals surface area contributed by atoms with Gasteiger partial charge in [-0.15, -0.1) is 0 Å². The lowest BCUT2D eigenvalue weighted by atomic mass is 10.1. The zero-order chi connectivity index (χ0) is 24.9. The highest BCUT2D eigenvalue weighted by atomic mass is 19.1. The number of anilines is 2. The fraction of sp³-hybridized carbons (Fsp3) is 0.103. The number of pyridine rings is 1. The van der Waals surface area contributed by atoms with Crippen LogP contribution in [0.4, 0.5) is 15.9 Å². The van der Waals surface area contributed by atoms with Gasteiger partial charge in [-0.3, -0.25) is 9.78 Å². The van der Waals surface area contributed by atoms with Gasteiger partial charge < -0.3 is 10.2 Å². The van der Waals surface area contributed by atoms with Crippen molar-refractivity contribution in [3.8, 4) is 0 Å². The highest BCUT2D eigenvalue weighted by Crippen LogP contribution is 2.25. The monoisotopic (exact) mass is 477 g/mol. The molecule has 36 heavy (non-hydrogen) atoms. The second kappa shape index (κ2) is 10.3. The first-order valence-corrected chi connectivity index (χ1v) is 11.6. The lowest BCUT2D eigenvalue weighted by Gasteiger charge is -2.24. The Bertz CT molecular complexity index is 1490. The number of para-hydroxylation sites is 2. The van der Waals surface area contributed by atoms with Crippen LogP contribution in [-0.2, 0) is 6.54 Å². The predicted octanol–water partition coefficient (Wildman–Crippen LogP) is 6.18. The summed E-state index contributed by atoms with van der Waals surface area (Å²) in [6.45, 7) is 2.28. The molecule has 2 aromatic heterocycles.